The molecule has 1 heterocycles. The van der Waals surface area contributed by atoms with Crippen LogP contribution in [0.15, 0.2) is 0 Å². The predicted octanol–water partition coefficient (Wildman–Crippen LogP) is -0.0710. The minimum absolute atomic E-state index is 0.0679. The Morgan fingerprint density at radius 3 is 2.72 bits per heavy atom. The molecule has 8 heteroatoms. The SMILES string of the molecule is COCCn1nnnc1NC(=O)C(OC)C(C)C. The van der Waals surface area contributed by atoms with Gasteiger partial charge in [0, 0.05) is 14.2 Å². The van der Waals surface area contributed by atoms with Gasteiger partial charge in [-0.05, 0) is 16.3 Å². The van der Waals surface area contributed by atoms with E-state index in [1.54, 1.807) is 7.11 Å². The first kappa shape index (κ1) is 14.5. The number of methoxy groups -OCH3 is 2. The number of carbonyl (C=O) groups is 1. The van der Waals surface area contributed by atoms with Gasteiger partial charge in [0.2, 0.25) is 5.95 Å². The second kappa shape index (κ2) is 7.02. The van der Waals surface area contributed by atoms with Crippen LogP contribution in [0.4, 0.5) is 5.95 Å². The van der Waals surface area contributed by atoms with Crippen LogP contribution in [0, 0.1) is 5.92 Å². The molecule has 0 aromatic carbocycles. The third-order valence-corrected chi connectivity index (χ3v) is 2.39. The molecule has 1 unspecified atom stereocenters. The summed E-state index contributed by atoms with van der Waals surface area (Å²) in [5, 5.41) is 13.6. The van der Waals surface area contributed by atoms with Crippen LogP contribution in [0.2, 0.25) is 0 Å². The van der Waals surface area contributed by atoms with E-state index in [1.165, 1.54) is 11.8 Å². The third-order valence-electron chi connectivity index (χ3n) is 2.39. The summed E-state index contributed by atoms with van der Waals surface area (Å²) in [5.41, 5.74) is 0. The van der Waals surface area contributed by atoms with Crippen LogP contribution in [0.1, 0.15) is 13.8 Å². The zero-order valence-corrected chi connectivity index (χ0v) is 11.1. The number of rotatable bonds is 7. The Kier molecular flexibility index (Phi) is 5.66. The van der Waals surface area contributed by atoms with Gasteiger partial charge in [0.1, 0.15) is 6.10 Å². The highest BCUT2D eigenvalue weighted by atomic mass is 16.5. The van der Waals surface area contributed by atoms with Crippen molar-refractivity contribution < 1.29 is 14.3 Å². The normalized spacial score (nSPS) is 12.7. The summed E-state index contributed by atoms with van der Waals surface area (Å²) in [6, 6.07) is 0. The van der Waals surface area contributed by atoms with Crippen LogP contribution in [-0.2, 0) is 20.8 Å². The molecule has 1 atom stereocenters. The largest absolute Gasteiger partial charge is 0.383 e. The predicted molar refractivity (Wildman–Crippen MR) is 64.0 cm³/mol. The van der Waals surface area contributed by atoms with Crippen molar-refractivity contribution in [2.24, 2.45) is 5.92 Å². The van der Waals surface area contributed by atoms with Crippen molar-refractivity contribution >= 4 is 11.9 Å². The van der Waals surface area contributed by atoms with Gasteiger partial charge in [0.15, 0.2) is 0 Å². The Bertz CT molecular complexity index is 379. The van der Waals surface area contributed by atoms with Crippen molar-refractivity contribution in [2.75, 3.05) is 26.1 Å². The number of nitrogens with one attached hydrogen (secondary N) is 1. The molecule has 18 heavy (non-hydrogen) atoms. The van der Waals surface area contributed by atoms with Crippen molar-refractivity contribution in [1.82, 2.24) is 20.2 Å². The van der Waals surface area contributed by atoms with E-state index in [9.17, 15) is 4.79 Å². The summed E-state index contributed by atoms with van der Waals surface area (Å²) in [7, 11) is 3.08. The number of hydrogen-bond acceptors (Lipinski definition) is 6. The molecule has 1 amide bonds. The van der Waals surface area contributed by atoms with Crippen LogP contribution in [0.25, 0.3) is 0 Å². The van der Waals surface area contributed by atoms with Crippen molar-refractivity contribution in [1.29, 1.82) is 0 Å². The van der Waals surface area contributed by atoms with E-state index in [0.717, 1.165) is 0 Å². The molecule has 0 saturated carbocycles. The Morgan fingerprint density at radius 2 is 2.17 bits per heavy atom. The molecule has 0 aliphatic rings. The molecule has 0 aliphatic carbocycles. The molecule has 0 saturated heterocycles. The molecule has 0 bridgehead atoms. The molecular formula is C10H19N5O3. The Morgan fingerprint density at radius 1 is 1.44 bits per heavy atom. The number of anilines is 1. The minimum Gasteiger partial charge on any atom is -0.383 e. The van der Waals surface area contributed by atoms with Crippen LogP contribution < -0.4 is 5.32 Å². The van der Waals surface area contributed by atoms with Gasteiger partial charge in [0.25, 0.3) is 5.91 Å². The number of ether oxygens (including phenoxy) is 2. The van der Waals surface area contributed by atoms with Crippen LogP contribution in [-0.4, -0.2) is 53.0 Å². The maximum absolute atomic E-state index is 11.9. The highest BCUT2D eigenvalue weighted by Gasteiger charge is 2.23. The molecule has 1 rings (SSSR count). The van der Waals surface area contributed by atoms with E-state index >= 15 is 0 Å². The number of hydrogen-bond donors (Lipinski definition) is 1. The topological polar surface area (TPSA) is 91.2 Å². The molecule has 0 fully saturated rings. The fourth-order valence-corrected chi connectivity index (χ4v) is 1.49. The third kappa shape index (κ3) is 3.74. The monoisotopic (exact) mass is 257 g/mol. The van der Waals surface area contributed by atoms with Gasteiger partial charge < -0.3 is 9.47 Å². The second-order valence-electron chi connectivity index (χ2n) is 4.11. The molecule has 0 spiro atoms. The van der Waals surface area contributed by atoms with Gasteiger partial charge in [-0.3, -0.25) is 10.1 Å². The lowest BCUT2D eigenvalue weighted by atomic mass is 10.1. The molecular weight excluding hydrogens is 238 g/mol. The highest BCUT2D eigenvalue weighted by molar-refractivity contribution is 5.92. The van der Waals surface area contributed by atoms with Crippen LogP contribution in [0.3, 0.4) is 0 Å². The van der Waals surface area contributed by atoms with Crippen molar-refractivity contribution in [3.63, 3.8) is 0 Å². The van der Waals surface area contributed by atoms with Crippen LogP contribution >= 0.6 is 0 Å². The van der Waals surface area contributed by atoms with Gasteiger partial charge in [0.05, 0.1) is 13.2 Å². The quantitative estimate of drug-likeness (QED) is 0.735. The minimum atomic E-state index is -0.530. The van der Waals surface area contributed by atoms with E-state index in [1.807, 2.05) is 13.8 Å². The van der Waals surface area contributed by atoms with Gasteiger partial charge in [-0.1, -0.05) is 18.9 Å². The highest BCUT2D eigenvalue weighted by Crippen LogP contribution is 2.09. The van der Waals surface area contributed by atoms with Gasteiger partial charge in [-0.25, -0.2) is 4.68 Å². The lowest BCUT2D eigenvalue weighted by Gasteiger charge is -2.17. The molecule has 1 aromatic rings. The second-order valence-corrected chi connectivity index (χ2v) is 4.11. The summed E-state index contributed by atoms with van der Waals surface area (Å²) in [5.74, 6) is 0.0963. The summed E-state index contributed by atoms with van der Waals surface area (Å²) >= 11 is 0. The average molecular weight is 257 g/mol. The van der Waals surface area contributed by atoms with E-state index < -0.39 is 6.10 Å². The number of nitrogens with zero attached hydrogens (tertiary/aromatic N) is 4. The van der Waals surface area contributed by atoms with Crippen molar-refractivity contribution in [3.05, 3.63) is 0 Å². The molecule has 1 N–H and O–H groups in total. The summed E-state index contributed by atoms with van der Waals surface area (Å²) < 4.78 is 11.5. The number of amides is 1. The van der Waals surface area contributed by atoms with Crippen molar-refractivity contribution in [3.8, 4) is 0 Å². The van der Waals surface area contributed by atoms with Gasteiger partial charge >= 0.3 is 0 Å². The van der Waals surface area contributed by atoms with Gasteiger partial charge in [-0.15, -0.1) is 0 Å². The maximum atomic E-state index is 11.9. The molecule has 0 radical (unpaired) electrons. The average Bonchev–Trinajstić information content (AvgIpc) is 2.74. The summed E-state index contributed by atoms with van der Waals surface area (Å²) in [6.45, 7) is 4.74. The Balaban J connectivity index is 2.66. The first-order valence-corrected chi connectivity index (χ1v) is 5.69. The fraction of sp³-hybridized carbons (Fsp3) is 0.800. The van der Waals surface area contributed by atoms with Crippen LogP contribution in [0.5, 0.6) is 0 Å². The number of tetrazole rings is 1. The molecule has 102 valence electrons. The van der Waals surface area contributed by atoms with E-state index in [0.29, 0.717) is 19.1 Å². The zero-order valence-electron chi connectivity index (χ0n) is 11.1. The maximum Gasteiger partial charge on any atom is 0.256 e. The first-order valence-electron chi connectivity index (χ1n) is 5.69. The standard InChI is InChI=1S/C10H19N5O3/c1-7(2)8(18-4)9(16)11-10-12-13-14-15(10)5-6-17-3/h7-8H,5-6H2,1-4H3,(H,11,12,14,16). The molecule has 1 aromatic heterocycles. The summed E-state index contributed by atoms with van der Waals surface area (Å²) in [6.07, 6.45) is -0.530. The fourth-order valence-electron chi connectivity index (χ4n) is 1.49. The lowest BCUT2D eigenvalue weighted by Crippen LogP contribution is -2.34. The Hall–Kier alpha value is -1.54. The van der Waals surface area contributed by atoms with E-state index in [2.05, 4.69) is 20.8 Å². The zero-order chi connectivity index (χ0) is 13.5. The lowest BCUT2D eigenvalue weighted by molar-refractivity contribution is -0.128. The molecule has 0 aliphatic heterocycles. The first-order chi connectivity index (χ1) is 8.60. The van der Waals surface area contributed by atoms with Crippen molar-refractivity contribution in [2.45, 2.75) is 26.5 Å². The number of carbonyl (C=O) groups excluding carboxylic acids is 1. The van der Waals surface area contributed by atoms with E-state index in [4.69, 9.17) is 9.47 Å². The Labute approximate surface area is 106 Å². The number of aromatic nitrogens is 4. The smallest absolute Gasteiger partial charge is 0.256 e. The van der Waals surface area contributed by atoms with E-state index in [-0.39, 0.29) is 11.8 Å². The molecule has 8 nitrogen and oxygen atoms in total. The summed E-state index contributed by atoms with van der Waals surface area (Å²) in [4.78, 5) is 11.9. The van der Waals surface area contributed by atoms with Gasteiger partial charge in [-0.2, -0.15) is 0 Å².